The Morgan fingerprint density at radius 2 is 2.00 bits per heavy atom. The predicted molar refractivity (Wildman–Crippen MR) is 37.3 cm³/mol. The van der Waals surface area contributed by atoms with E-state index in [4.69, 9.17) is 21.4 Å². The second kappa shape index (κ2) is 5.03. The first-order valence-corrected chi connectivity index (χ1v) is 3.61. The second-order valence-corrected chi connectivity index (χ2v) is 2.30. The number of rotatable bonds is 4. The van der Waals surface area contributed by atoms with Gasteiger partial charge in [-0.2, -0.15) is 0 Å². The van der Waals surface area contributed by atoms with E-state index in [-0.39, 0.29) is 5.56 Å². The minimum absolute atomic E-state index is 0.347. The molecule has 0 heterocycles. The molecule has 0 bridgehead atoms. The Bertz CT molecular complexity index is 60.1. The molecule has 0 fully saturated rings. The lowest BCUT2D eigenvalue weighted by molar-refractivity contribution is -0.113. The molecule has 2 unspecified atom stereocenters. The zero-order valence-corrected chi connectivity index (χ0v) is 6.56. The second-order valence-electron chi connectivity index (χ2n) is 1.82. The zero-order chi connectivity index (χ0) is 7.28. The normalized spacial score (nSPS) is 17.3. The Morgan fingerprint density at radius 1 is 1.44 bits per heavy atom. The summed E-state index contributed by atoms with van der Waals surface area (Å²) in [4.78, 5) is 0. The molecule has 0 aliphatic rings. The van der Waals surface area contributed by atoms with Crippen molar-refractivity contribution in [2.45, 2.75) is 38.5 Å². The molecule has 3 heteroatoms. The van der Waals surface area contributed by atoms with Crippen LogP contribution in [0.5, 0.6) is 0 Å². The first-order chi connectivity index (χ1) is 4.20. The van der Waals surface area contributed by atoms with Crippen LogP contribution in [0.4, 0.5) is 0 Å². The number of aliphatic hydroxyl groups is 1. The van der Waals surface area contributed by atoms with E-state index in [2.05, 4.69) is 0 Å². The molecular weight excluding hydrogens is 140 g/mol. The fourth-order valence-corrected chi connectivity index (χ4v) is 0.482. The topological polar surface area (TPSA) is 29.5 Å². The summed E-state index contributed by atoms with van der Waals surface area (Å²) in [5.41, 5.74) is -0.347. The van der Waals surface area contributed by atoms with Crippen LogP contribution >= 0.6 is 11.6 Å². The minimum Gasteiger partial charge on any atom is -0.368 e. The molecule has 0 amide bonds. The molecule has 2 nitrogen and oxygen atoms in total. The highest BCUT2D eigenvalue weighted by Crippen LogP contribution is 2.06. The van der Waals surface area contributed by atoms with Crippen LogP contribution in [0.15, 0.2) is 0 Å². The number of hydrogen-bond donors (Lipinski definition) is 1. The largest absolute Gasteiger partial charge is 0.368 e. The first-order valence-electron chi connectivity index (χ1n) is 3.18. The smallest absolute Gasteiger partial charge is 0.156 e. The Labute approximate surface area is 60.8 Å². The zero-order valence-electron chi connectivity index (χ0n) is 5.80. The van der Waals surface area contributed by atoms with E-state index in [1.54, 1.807) is 0 Å². The summed E-state index contributed by atoms with van der Waals surface area (Å²) >= 11 is 5.56. The Kier molecular flexibility index (Phi) is 5.15. The molecule has 0 aromatic heterocycles. The van der Waals surface area contributed by atoms with Crippen LogP contribution in [0.2, 0.25) is 0 Å². The predicted octanol–water partition coefficient (Wildman–Crippen LogP) is 1.71. The lowest BCUT2D eigenvalue weighted by Crippen LogP contribution is -2.15. The van der Waals surface area contributed by atoms with Crippen LogP contribution in [0.3, 0.4) is 0 Å². The minimum atomic E-state index is -0.701. The molecule has 0 aromatic carbocycles. The molecule has 0 saturated heterocycles. The molecule has 0 aliphatic carbocycles. The van der Waals surface area contributed by atoms with Gasteiger partial charge in [0.2, 0.25) is 0 Å². The summed E-state index contributed by atoms with van der Waals surface area (Å²) in [5, 5.41) is 8.85. The van der Waals surface area contributed by atoms with Gasteiger partial charge in [0.1, 0.15) is 5.56 Å². The van der Waals surface area contributed by atoms with Crippen molar-refractivity contribution in [3.8, 4) is 0 Å². The van der Waals surface area contributed by atoms with Crippen molar-refractivity contribution in [1.29, 1.82) is 0 Å². The highest BCUT2D eigenvalue weighted by molar-refractivity contribution is 6.19. The van der Waals surface area contributed by atoms with Gasteiger partial charge in [-0.25, -0.2) is 0 Å². The molecule has 0 radical (unpaired) electrons. The summed E-state index contributed by atoms with van der Waals surface area (Å²) in [7, 11) is 0. The van der Waals surface area contributed by atoms with Gasteiger partial charge in [0, 0.05) is 0 Å². The number of hydrogen-bond acceptors (Lipinski definition) is 2. The van der Waals surface area contributed by atoms with E-state index in [9.17, 15) is 0 Å². The molecule has 0 rings (SSSR count). The third-order valence-corrected chi connectivity index (χ3v) is 1.39. The van der Waals surface area contributed by atoms with E-state index in [0.29, 0.717) is 6.42 Å². The summed E-state index contributed by atoms with van der Waals surface area (Å²) in [6.45, 7) is 3.74. The van der Waals surface area contributed by atoms with Crippen LogP contribution in [0, 0.1) is 0 Å². The number of halogens is 1. The monoisotopic (exact) mass is 152 g/mol. The van der Waals surface area contributed by atoms with Gasteiger partial charge in [0.25, 0.3) is 0 Å². The van der Waals surface area contributed by atoms with Gasteiger partial charge in [-0.1, -0.05) is 25.4 Å². The van der Waals surface area contributed by atoms with Crippen molar-refractivity contribution in [1.82, 2.24) is 0 Å². The maximum atomic E-state index is 8.85. The molecule has 2 atom stereocenters. The Morgan fingerprint density at radius 3 is 2.33 bits per heavy atom. The average molecular weight is 153 g/mol. The van der Waals surface area contributed by atoms with Crippen LogP contribution in [0.1, 0.15) is 26.7 Å². The standard InChI is InChI=1S/C6H13ClO2/c1-3-5(7)9-6(8)4-2/h5-6,8H,3-4H2,1-2H3. The molecule has 0 aromatic rings. The van der Waals surface area contributed by atoms with E-state index < -0.39 is 6.29 Å². The van der Waals surface area contributed by atoms with Gasteiger partial charge in [0.05, 0.1) is 0 Å². The van der Waals surface area contributed by atoms with Gasteiger partial charge in [-0.05, 0) is 12.8 Å². The fraction of sp³-hybridized carbons (Fsp3) is 1.00. The van der Waals surface area contributed by atoms with Crippen molar-refractivity contribution in [2.75, 3.05) is 0 Å². The summed E-state index contributed by atoms with van der Waals surface area (Å²) < 4.78 is 4.87. The third-order valence-electron chi connectivity index (χ3n) is 0.975. The molecule has 0 saturated carbocycles. The highest BCUT2D eigenvalue weighted by atomic mass is 35.5. The third kappa shape index (κ3) is 4.70. The molecule has 0 aliphatic heterocycles. The summed E-state index contributed by atoms with van der Waals surface area (Å²) in [6, 6.07) is 0. The van der Waals surface area contributed by atoms with Crippen molar-refractivity contribution < 1.29 is 9.84 Å². The number of alkyl halides is 1. The van der Waals surface area contributed by atoms with Crippen LogP contribution in [-0.4, -0.2) is 17.0 Å². The first kappa shape index (κ1) is 9.21. The van der Waals surface area contributed by atoms with E-state index in [1.165, 1.54) is 0 Å². The Hall–Kier alpha value is 0.210. The quantitative estimate of drug-likeness (QED) is 0.491. The van der Waals surface area contributed by atoms with Crippen LogP contribution in [0.25, 0.3) is 0 Å². The SMILES string of the molecule is CCC(O)OC(Cl)CC. The molecule has 9 heavy (non-hydrogen) atoms. The fourth-order valence-electron chi connectivity index (χ4n) is 0.363. The van der Waals surface area contributed by atoms with Gasteiger partial charge < -0.3 is 9.84 Å². The van der Waals surface area contributed by atoms with Gasteiger partial charge in [-0.15, -0.1) is 0 Å². The lowest BCUT2D eigenvalue weighted by Gasteiger charge is -2.12. The average Bonchev–Trinajstić information content (AvgIpc) is 1.87. The van der Waals surface area contributed by atoms with Crippen molar-refractivity contribution in [3.05, 3.63) is 0 Å². The van der Waals surface area contributed by atoms with Crippen molar-refractivity contribution >= 4 is 11.6 Å². The lowest BCUT2D eigenvalue weighted by atomic mass is 10.4. The molecule has 1 N–H and O–H groups in total. The van der Waals surface area contributed by atoms with Crippen LogP contribution in [-0.2, 0) is 4.74 Å². The molecule has 56 valence electrons. The van der Waals surface area contributed by atoms with Crippen LogP contribution < -0.4 is 0 Å². The van der Waals surface area contributed by atoms with Crippen molar-refractivity contribution in [3.63, 3.8) is 0 Å². The molecular formula is C6H13ClO2. The number of ether oxygens (including phenoxy) is 1. The van der Waals surface area contributed by atoms with Gasteiger partial charge >= 0.3 is 0 Å². The van der Waals surface area contributed by atoms with Gasteiger partial charge in [-0.3, -0.25) is 0 Å². The summed E-state index contributed by atoms with van der Waals surface area (Å²) in [5.74, 6) is 0. The van der Waals surface area contributed by atoms with E-state index in [1.807, 2.05) is 13.8 Å². The highest BCUT2D eigenvalue weighted by Gasteiger charge is 2.06. The van der Waals surface area contributed by atoms with E-state index in [0.717, 1.165) is 6.42 Å². The molecule has 0 spiro atoms. The van der Waals surface area contributed by atoms with Crippen molar-refractivity contribution in [2.24, 2.45) is 0 Å². The Balaban J connectivity index is 3.22. The maximum absolute atomic E-state index is 8.85. The summed E-state index contributed by atoms with van der Waals surface area (Å²) in [6.07, 6.45) is 0.606. The van der Waals surface area contributed by atoms with E-state index >= 15 is 0 Å². The number of aliphatic hydroxyl groups excluding tert-OH is 1. The van der Waals surface area contributed by atoms with Gasteiger partial charge in [0.15, 0.2) is 6.29 Å². The maximum Gasteiger partial charge on any atom is 0.156 e.